The summed E-state index contributed by atoms with van der Waals surface area (Å²) < 4.78 is 11.7. The summed E-state index contributed by atoms with van der Waals surface area (Å²) in [7, 11) is 3.31. The lowest BCUT2D eigenvalue weighted by atomic mass is 9.74. The molecule has 4 aromatic carbocycles. The first kappa shape index (κ1) is 36.7. The predicted octanol–water partition coefficient (Wildman–Crippen LogP) is 9.58. The molecule has 0 amide bonds. The van der Waals surface area contributed by atoms with Gasteiger partial charge in [0, 0.05) is 17.3 Å². The maximum Gasteiger partial charge on any atom is 0.137 e. The zero-order valence-electron chi connectivity index (χ0n) is 31.0. The SMILES string of the molecule is COc1cc(C(C)(C)C)cc(C(O)(c2cc(OC)cc(C(C)(C)C)c2)C(Cc2ccccc2)N=Cc2cc(C)cc(C(C)(C)C)c2O)c1. The van der Waals surface area contributed by atoms with Gasteiger partial charge in [0.1, 0.15) is 22.8 Å². The van der Waals surface area contributed by atoms with Crippen molar-refractivity contribution in [1.82, 2.24) is 0 Å². The molecule has 48 heavy (non-hydrogen) atoms. The highest BCUT2D eigenvalue weighted by atomic mass is 16.5. The van der Waals surface area contributed by atoms with E-state index in [1.165, 1.54) is 0 Å². The number of hydrogen-bond acceptors (Lipinski definition) is 5. The number of methoxy groups -OCH3 is 2. The summed E-state index contributed by atoms with van der Waals surface area (Å²) in [6, 6.07) is 25.4. The number of nitrogens with zero attached hydrogens (tertiary/aromatic N) is 1. The van der Waals surface area contributed by atoms with Crippen LogP contribution < -0.4 is 9.47 Å². The average molecular weight is 650 g/mol. The van der Waals surface area contributed by atoms with Crippen LogP contribution in [0.1, 0.15) is 107 Å². The van der Waals surface area contributed by atoms with E-state index >= 15 is 0 Å². The number of phenolic OH excluding ortho intramolecular Hbond substituents is 1. The van der Waals surface area contributed by atoms with Crippen molar-refractivity contribution in [2.45, 2.75) is 104 Å². The van der Waals surface area contributed by atoms with Gasteiger partial charge in [-0.25, -0.2) is 0 Å². The van der Waals surface area contributed by atoms with E-state index in [9.17, 15) is 10.2 Å². The lowest BCUT2D eigenvalue weighted by Crippen LogP contribution is -2.42. The minimum absolute atomic E-state index is 0.201. The van der Waals surface area contributed by atoms with Crippen LogP contribution >= 0.6 is 0 Å². The lowest BCUT2D eigenvalue weighted by Gasteiger charge is -2.37. The number of aromatic hydroxyl groups is 1. The number of rotatable bonds is 9. The van der Waals surface area contributed by atoms with Crippen LogP contribution in [-0.4, -0.2) is 36.7 Å². The van der Waals surface area contributed by atoms with Gasteiger partial charge in [-0.1, -0.05) is 111 Å². The molecule has 1 unspecified atom stereocenters. The fourth-order valence-corrected chi connectivity index (χ4v) is 6.08. The van der Waals surface area contributed by atoms with Crippen LogP contribution in [-0.2, 0) is 28.3 Å². The Labute approximate surface area is 288 Å². The highest BCUT2D eigenvalue weighted by molar-refractivity contribution is 5.85. The molecule has 1 atom stereocenters. The molecule has 0 heterocycles. The Hall–Kier alpha value is -4.09. The second-order valence-corrected chi connectivity index (χ2v) is 16.2. The van der Waals surface area contributed by atoms with Gasteiger partial charge in [0.15, 0.2) is 0 Å². The fraction of sp³-hybridized carbons (Fsp3) is 0.419. The molecule has 0 aliphatic rings. The minimum Gasteiger partial charge on any atom is -0.507 e. The summed E-state index contributed by atoms with van der Waals surface area (Å²) in [5, 5.41) is 25.1. The number of aliphatic imine (C=N–C) groups is 1. The third kappa shape index (κ3) is 8.13. The molecule has 5 heteroatoms. The average Bonchev–Trinajstić information content (AvgIpc) is 3.02. The summed E-state index contributed by atoms with van der Waals surface area (Å²) in [6.45, 7) is 21.2. The van der Waals surface area contributed by atoms with Crippen molar-refractivity contribution in [1.29, 1.82) is 0 Å². The molecule has 0 fully saturated rings. The van der Waals surface area contributed by atoms with E-state index in [0.29, 0.717) is 34.6 Å². The Balaban J connectivity index is 2.11. The Morgan fingerprint density at radius 3 is 1.58 bits per heavy atom. The number of ether oxygens (including phenoxy) is 2. The maximum atomic E-state index is 13.6. The van der Waals surface area contributed by atoms with Crippen LogP contribution in [0.4, 0.5) is 0 Å². The van der Waals surface area contributed by atoms with E-state index in [1.54, 1.807) is 20.4 Å². The molecular weight excluding hydrogens is 594 g/mol. The van der Waals surface area contributed by atoms with Crippen molar-refractivity contribution in [2.75, 3.05) is 14.2 Å². The lowest BCUT2D eigenvalue weighted by molar-refractivity contribution is 0.0520. The van der Waals surface area contributed by atoms with Gasteiger partial charge >= 0.3 is 0 Å². The number of phenols is 1. The smallest absolute Gasteiger partial charge is 0.137 e. The molecule has 256 valence electrons. The van der Waals surface area contributed by atoms with Crippen molar-refractivity contribution in [3.05, 3.63) is 123 Å². The molecule has 0 saturated heterocycles. The molecule has 0 saturated carbocycles. The van der Waals surface area contributed by atoms with Gasteiger partial charge in [-0.05, 0) is 93.3 Å². The second-order valence-electron chi connectivity index (χ2n) is 16.2. The summed E-state index contributed by atoms with van der Waals surface area (Å²) >= 11 is 0. The van der Waals surface area contributed by atoms with Crippen LogP contribution in [0.5, 0.6) is 17.2 Å². The standard InChI is InChI=1S/C43H55NO4/c1-28-18-30(39(45)37(19-28)42(8,9)10)27-44-38(20-29-16-14-13-15-17-29)43(46,33-21-31(40(2,3)4)23-35(25-33)47-11)34-22-32(41(5,6)7)24-36(26-34)48-12/h13-19,21-27,38,45-46H,20H2,1-12H3. The van der Waals surface area contributed by atoms with Gasteiger partial charge in [-0.2, -0.15) is 0 Å². The second kappa shape index (κ2) is 13.8. The Kier molecular flexibility index (Phi) is 10.6. The maximum absolute atomic E-state index is 13.6. The Morgan fingerprint density at radius 1 is 0.667 bits per heavy atom. The molecule has 2 N–H and O–H groups in total. The van der Waals surface area contributed by atoms with E-state index in [-0.39, 0.29) is 22.0 Å². The first-order chi connectivity index (χ1) is 22.3. The Bertz CT molecular complexity index is 1690. The van der Waals surface area contributed by atoms with Gasteiger partial charge in [0.25, 0.3) is 0 Å². The van der Waals surface area contributed by atoms with Gasteiger partial charge in [-0.15, -0.1) is 0 Å². The van der Waals surface area contributed by atoms with E-state index in [1.807, 2.05) is 61.5 Å². The van der Waals surface area contributed by atoms with Crippen LogP contribution in [0.25, 0.3) is 0 Å². The van der Waals surface area contributed by atoms with E-state index in [4.69, 9.17) is 14.5 Å². The molecule has 4 rings (SSSR count). The normalized spacial score (nSPS) is 13.5. The van der Waals surface area contributed by atoms with Gasteiger partial charge < -0.3 is 19.7 Å². The molecule has 0 aromatic heterocycles. The van der Waals surface area contributed by atoms with Crippen LogP contribution in [0, 0.1) is 6.92 Å². The third-order valence-corrected chi connectivity index (χ3v) is 9.14. The summed E-state index contributed by atoms with van der Waals surface area (Å²) in [4.78, 5) is 5.22. The zero-order chi connectivity index (χ0) is 35.7. The molecule has 4 aromatic rings. The van der Waals surface area contributed by atoms with Crippen molar-refractivity contribution in [3.8, 4) is 17.2 Å². The zero-order valence-corrected chi connectivity index (χ0v) is 31.0. The van der Waals surface area contributed by atoms with Crippen molar-refractivity contribution >= 4 is 6.21 Å². The summed E-state index contributed by atoms with van der Waals surface area (Å²) in [5.41, 5.74) is 4.58. The molecule has 5 nitrogen and oxygen atoms in total. The topological polar surface area (TPSA) is 71.3 Å². The van der Waals surface area contributed by atoms with Gasteiger partial charge in [0.2, 0.25) is 0 Å². The molecular formula is C43H55NO4. The summed E-state index contributed by atoms with van der Waals surface area (Å²) in [6.07, 6.45) is 2.16. The fourth-order valence-electron chi connectivity index (χ4n) is 6.08. The number of benzene rings is 4. The quantitative estimate of drug-likeness (QED) is 0.177. The molecule has 0 spiro atoms. The number of hydrogen-bond donors (Lipinski definition) is 2. The summed E-state index contributed by atoms with van der Waals surface area (Å²) in [5.74, 6) is 1.51. The van der Waals surface area contributed by atoms with Crippen LogP contribution in [0.15, 0.2) is 83.9 Å². The van der Waals surface area contributed by atoms with Crippen molar-refractivity contribution in [3.63, 3.8) is 0 Å². The van der Waals surface area contributed by atoms with Crippen molar-refractivity contribution < 1.29 is 19.7 Å². The van der Waals surface area contributed by atoms with Crippen LogP contribution in [0.3, 0.4) is 0 Å². The largest absolute Gasteiger partial charge is 0.507 e. The highest BCUT2D eigenvalue weighted by Gasteiger charge is 2.42. The molecule has 0 aliphatic carbocycles. The van der Waals surface area contributed by atoms with Crippen LogP contribution in [0.2, 0.25) is 0 Å². The van der Waals surface area contributed by atoms with Crippen molar-refractivity contribution in [2.24, 2.45) is 4.99 Å². The monoisotopic (exact) mass is 649 g/mol. The molecule has 0 aliphatic heterocycles. The number of aryl methyl sites for hydroxylation is 1. The Morgan fingerprint density at radius 2 is 1.15 bits per heavy atom. The predicted molar refractivity (Wildman–Crippen MR) is 199 cm³/mol. The third-order valence-electron chi connectivity index (χ3n) is 9.14. The first-order valence-corrected chi connectivity index (χ1v) is 16.8. The van der Waals surface area contributed by atoms with Gasteiger partial charge in [0.05, 0.1) is 20.3 Å². The van der Waals surface area contributed by atoms with E-state index in [0.717, 1.165) is 27.8 Å². The first-order valence-electron chi connectivity index (χ1n) is 16.8. The highest BCUT2D eigenvalue weighted by Crippen LogP contribution is 2.43. The van der Waals surface area contributed by atoms with E-state index < -0.39 is 11.6 Å². The minimum atomic E-state index is -1.64. The van der Waals surface area contributed by atoms with E-state index in [2.05, 4.69) is 86.6 Å². The molecule has 0 radical (unpaired) electrons. The number of aliphatic hydroxyl groups is 1. The molecule has 0 bridgehead atoms. The van der Waals surface area contributed by atoms with Gasteiger partial charge in [-0.3, -0.25) is 4.99 Å².